The topological polar surface area (TPSA) is 12.0 Å². The molecule has 2 rings (SSSR count). The Kier molecular flexibility index (Phi) is 1.93. The van der Waals surface area contributed by atoms with Gasteiger partial charge in [-0.1, -0.05) is 0 Å². The summed E-state index contributed by atoms with van der Waals surface area (Å²) in [4.78, 5) is 0. The van der Waals surface area contributed by atoms with Crippen LogP contribution in [0.4, 0.5) is 0 Å². The van der Waals surface area contributed by atoms with Crippen LogP contribution in [0.25, 0.3) is 0 Å². The molecule has 1 aliphatic carbocycles. The molecular weight excluding hydrogens is 237 g/mol. The Hall–Kier alpha value is 0.690. The van der Waals surface area contributed by atoms with Crippen molar-refractivity contribution in [1.82, 2.24) is 5.32 Å². The predicted molar refractivity (Wildman–Crippen MR) is 38.9 cm³/mol. The Labute approximate surface area is 73.2 Å². The van der Waals surface area contributed by atoms with E-state index >= 15 is 0 Å². The van der Waals surface area contributed by atoms with Crippen LogP contribution in [0.15, 0.2) is 0 Å². The van der Waals surface area contributed by atoms with E-state index in [1.54, 1.807) is 21.7 Å². The maximum absolute atomic E-state index is 3.41. The fourth-order valence-electron chi connectivity index (χ4n) is 2.04. The van der Waals surface area contributed by atoms with Crippen molar-refractivity contribution >= 4 is 0 Å². The van der Waals surface area contributed by atoms with Gasteiger partial charge in [0, 0.05) is 0 Å². The molecule has 1 unspecified atom stereocenters. The molecule has 0 bridgehead atoms. The monoisotopic (exact) mass is 252 g/mol. The Morgan fingerprint density at radius 2 is 2.10 bits per heavy atom. The Morgan fingerprint density at radius 3 is 2.60 bits per heavy atom. The Bertz CT molecular complexity index is 129. The van der Waals surface area contributed by atoms with Crippen molar-refractivity contribution in [3.05, 3.63) is 0 Å². The molecule has 0 aromatic rings. The summed E-state index contributed by atoms with van der Waals surface area (Å²) >= 11 is 0.643. The van der Waals surface area contributed by atoms with Crippen LogP contribution < -0.4 is 26.5 Å². The van der Waals surface area contributed by atoms with Crippen LogP contribution in [0.5, 0.6) is 0 Å². The van der Waals surface area contributed by atoms with Crippen molar-refractivity contribution in [2.24, 2.45) is 5.41 Å². The van der Waals surface area contributed by atoms with E-state index in [9.17, 15) is 0 Å². The third-order valence-electron chi connectivity index (χ3n) is 2.99. The van der Waals surface area contributed by atoms with E-state index in [2.05, 4.69) is 12.4 Å². The van der Waals surface area contributed by atoms with E-state index < -0.39 is 0 Å². The molecule has 2 heteroatoms. The minimum absolute atomic E-state index is 0.643. The van der Waals surface area contributed by atoms with Gasteiger partial charge >= 0.3 is 73.1 Å². The molecule has 0 aromatic carbocycles. The van der Waals surface area contributed by atoms with Crippen LogP contribution in [0.3, 0.4) is 0 Å². The van der Waals surface area contributed by atoms with E-state index in [0.29, 0.717) is 21.2 Å². The van der Waals surface area contributed by atoms with Crippen LogP contribution in [0.2, 0.25) is 0 Å². The van der Waals surface area contributed by atoms with Crippen molar-refractivity contribution in [2.75, 3.05) is 15.9 Å². The van der Waals surface area contributed by atoms with Crippen molar-refractivity contribution in [1.29, 1.82) is 0 Å². The van der Waals surface area contributed by atoms with Crippen molar-refractivity contribution in [3.63, 3.8) is 0 Å². The summed E-state index contributed by atoms with van der Waals surface area (Å²) in [6.45, 7) is 0. The molecule has 0 radical (unpaired) electrons. The van der Waals surface area contributed by atoms with Gasteiger partial charge in [-0.05, 0) is 0 Å². The van der Waals surface area contributed by atoms with Crippen molar-refractivity contribution in [3.8, 4) is 0 Å². The first-order valence-electron chi connectivity index (χ1n) is 4.08. The van der Waals surface area contributed by atoms with Crippen LogP contribution >= 0.6 is 0 Å². The van der Waals surface area contributed by atoms with Gasteiger partial charge in [0.1, 0.15) is 0 Å². The van der Waals surface area contributed by atoms with E-state index in [0.717, 1.165) is 11.5 Å². The van der Waals surface area contributed by atoms with Gasteiger partial charge in [0.05, 0.1) is 0 Å². The second-order valence-corrected chi connectivity index (χ2v) is 6.71. The molecule has 1 saturated carbocycles. The fourth-order valence-corrected chi connectivity index (χ4v) is 5.49. The first kappa shape index (κ1) is 7.35. The SMILES string of the molecule is CNC1CC12CC[I-]CC2. The van der Waals surface area contributed by atoms with Crippen molar-refractivity contribution < 1.29 is 21.2 Å². The van der Waals surface area contributed by atoms with E-state index in [-0.39, 0.29) is 0 Å². The molecule has 1 N–H and O–H groups in total. The summed E-state index contributed by atoms with van der Waals surface area (Å²) in [7, 11) is 2.11. The summed E-state index contributed by atoms with van der Waals surface area (Å²) in [6, 6.07) is 0.900. The molecule has 60 valence electrons. The molecule has 1 heterocycles. The molecule has 10 heavy (non-hydrogen) atoms. The standard InChI is InChI=1S/C8H15IN/c1-10-7-6-8(7)2-4-9-5-3-8/h7,10H,2-6H2,1H3/q-1. The first-order chi connectivity index (χ1) is 4.87. The second-order valence-electron chi connectivity index (χ2n) is 3.47. The Balaban J connectivity index is 1.92. The van der Waals surface area contributed by atoms with Gasteiger partial charge in [-0.15, -0.1) is 0 Å². The number of rotatable bonds is 1. The van der Waals surface area contributed by atoms with Gasteiger partial charge in [-0.2, -0.15) is 0 Å². The third kappa shape index (κ3) is 1.09. The molecule has 1 aliphatic heterocycles. The molecular formula is C8H15IN-. The van der Waals surface area contributed by atoms with Crippen LogP contribution in [-0.2, 0) is 0 Å². The van der Waals surface area contributed by atoms with Gasteiger partial charge in [-0.25, -0.2) is 0 Å². The summed E-state index contributed by atoms with van der Waals surface area (Å²) in [6.07, 6.45) is 4.57. The van der Waals surface area contributed by atoms with Gasteiger partial charge in [0.25, 0.3) is 0 Å². The van der Waals surface area contributed by atoms with Crippen LogP contribution in [0.1, 0.15) is 19.3 Å². The minimum atomic E-state index is 0.643. The van der Waals surface area contributed by atoms with Gasteiger partial charge in [-0.3, -0.25) is 0 Å². The zero-order chi connectivity index (χ0) is 7.03. The molecule has 2 fully saturated rings. The zero-order valence-corrected chi connectivity index (χ0v) is 8.65. The fraction of sp³-hybridized carbons (Fsp3) is 1.00. The van der Waals surface area contributed by atoms with Crippen LogP contribution in [0, 0.1) is 5.41 Å². The first-order valence-corrected chi connectivity index (χ1v) is 7.13. The molecule has 1 nitrogen and oxygen atoms in total. The molecule has 0 aromatic heterocycles. The van der Waals surface area contributed by atoms with Gasteiger partial charge in [0.15, 0.2) is 0 Å². The summed E-state index contributed by atoms with van der Waals surface area (Å²) in [5.41, 5.74) is 0.812. The van der Waals surface area contributed by atoms with Gasteiger partial charge < -0.3 is 0 Å². The molecule has 1 spiro atoms. The average molecular weight is 252 g/mol. The zero-order valence-electron chi connectivity index (χ0n) is 6.49. The van der Waals surface area contributed by atoms with Crippen molar-refractivity contribution in [2.45, 2.75) is 25.3 Å². The summed E-state index contributed by atoms with van der Waals surface area (Å²) < 4.78 is 3.19. The molecule has 2 aliphatic rings. The van der Waals surface area contributed by atoms with E-state index in [1.165, 1.54) is 6.42 Å². The second kappa shape index (κ2) is 2.63. The number of nitrogens with one attached hydrogen (secondary N) is 1. The maximum atomic E-state index is 3.41. The molecule has 1 atom stereocenters. The van der Waals surface area contributed by atoms with Gasteiger partial charge in [0.2, 0.25) is 0 Å². The number of hydrogen-bond donors (Lipinski definition) is 1. The van der Waals surface area contributed by atoms with E-state index in [1.807, 2.05) is 0 Å². The predicted octanol–water partition coefficient (Wildman–Crippen LogP) is -2.15. The number of alkyl halides is 2. The van der Waals surface area contributed by atoms with Crippen LogP contribution in [-0.4, -0.2) is 21.9 Å². The quantitative estimate of drug-likeness (QED) is 0.414. The third-order valence-corrected chi connectivity index (χ3v) is 5.59. The average Bonchev–Trinajstić information content (AvgIpc) is 2.65. The normalized spacial score (nSPS) is 37.1. The van der Waals surface area contributed by atoms with E-state index in [4.69, 9.17) is 0 Å². The molecule has 1 saturated heterocycles. The summed E-state index contributed by atoms with van der Waals surface area (Å²) in [5.74, 6) is 0. The number of halogens is 1. The Morgan fingerprint density at radius 1 is 1.40 bits per heavy atom. The number of hydrogen-bond acceptors (Lipinski definition) is 1. The molecule has 0 amide bonds. The summed E-state index contributed by atoms with van der Waals surface area (Å²) in [5, 5.41) is 3.41.